The van der Waals surface area contributed by atoms with Gasteiger partial charge in [0.15, 0.2) is 5.96 Å². The van der Waals surface area contributed by atoms with Gasteiger partial charge in [0.05, 0.1) is 6.54 Å². The van der Waals surface area contributed by atoms with Gasteiger partial charge in [-0.3, -0.25) is 4.99 Å². The van der Waals surface area contributed by atoms with Crippen molar-refractivity contribution in [1.82, 2.24) is 25.4 Å². The number of nitrogens with zero attached hydrogens (tertiary/aromatic N) is 4. The molecular weight excluding hydrogens is 526 g/mol. The van der Waals surface area contributed by atoms with Crippen molar-refractivity contribution < 1.29 is 4.39 Å². The summed E-state index contributed by atoms with van der Waals surface area (Å²) in [7, 11) is 1.76. The lowest BCUT2D eigenvalue weighted by Gasteiger charge is -2.25. The van der Waals surface area contributed by atoms with E-state index in [4.69, 9.17) is 0 Å². The fourth-order valence-electron chi connectivity index (χ4n) is 3.15. The predicted octanol–water partition coefficient (Wildman–Crippen LogP) is 3.22. The number of hydrogen-bond acceptors (Lipinski definition) is 3. The van der Waals surface area contributed by atoms with Crippen molar-refractivity contribution in [2.24, 2.45) is 4.99 Å². The minimum atomic E-state index is -0.164. The molecule has 2 N–H and O–H groups in total. The Kier molecular flexibility index (Phi) is 8.46. The van der Waals surface area contributed by atoms with Gasteiger partial charge in [0.25, 0.3) is 0 Å². The summed E-state index contributed by atoms with van der Waals surface area (Å²) in [6.07, 6.45) is 3.44. The number of guanidine groups is 1. The average Bonchev–Trinajstić information content (AvgIpc) is 2.98. The Morgan fingerprint density at radius 1 is 1.44 bits per heavy atom. The summed E-state index contributed by atoms with van der Waals surface area (Å²) in [6.45, 7) is 3.44. The number of hydrogen-bond donors (Lipinski definition) is 2. The molecular formula is C18H25BrFIN6. The second kappa shape index (κ2) is 10.4. The lowest BCUT2D eigenvalue weighted by Crippen LogP contribution is -2.47. The van der Waals surface area contributed by atoms with Crippen LogP contribution < -0.4 is 10.6 Å². The molecule has 1 aromatic heterocycles. The van der Waals surface area contributed by atoms with Crippen molar-refractivity contribution in [2.45, 2.75) is 45.2 Å². The van der Waals surface area contributed by atoms with E-state index < -0.39 is 0 Å². The van der Waals surface area contributed by atoms with Crippen LogP contribution in [0.2, 0.25) is 0 Å². The van der Waals surface area contributed by atoms with E-state index in [9.17, 15) is 4.39 Å². The van der Waals surface area contributed by atoms with Crippen molar-refractivity contribution in [2.75, 3.05) is 13.6 Å². The Morgan fingerprint density at radius 2 is 2.26 bits per heavy atom. The lowest BCUT2D eigenvalue weighted by atomic mass is 10.1. The lowest BCUT2D eigenvalue weighted by molar-refractivity contribution is 0.392. The summed E-state index contributed by atoms with van der Waals surface area (Å²) in [5.74, 6) is 2.48. The molecule has 0 radical (unpaired) electrons. The quantitative estimate of drug-likeness (QED) is 0.260. The number of fused-ring (bicyclic) bond motifs is 1. The van der Waals surface area contributed by atoms with E-state index >= 15 is 0 Å². The first-order valence-electron chi connectivity index (χ1n) is 8.86. The summed E-state index contributed by atoms with van der Waals surface area (Å²) < 4.78 is 16.6. The van der Waals surface area contributed by atoms with Gasteiger partial charge >= 0.3 is 0 Å². The van der Waals surface area contributed by atoms with E-state index in [-0.39, 0.29) is 35.8 Å². The highest BCUT2D eigenvalue weighted by molar-refractivity contribution is 14.0. The summed E-state index contributed by atoms with van der Waals surface area (Å²) in [4.78, 5) is 8.72. The number of aryl methyl sites for hydroxylation is 3. The Bertz CT molecular complexity index is 794. The Labute approximate surface area is 184 Å². The van der Waals surface area contributed by atoms with Gasteiger partial charge in [-0.15, -0.1) is 24.0 Å². The number of halogens is 3. The first kappa shape index (κ1) is 22.1. The molecule has 1 aliphatic heterocycles. The maximum atomic E-state index is 13.8. The van der Waals surface area contributed by atoms with Crippen LogP contribution in [0.3, 0.4) is 0 Å². The number of aromatic nitrogens is 3. The van der Waals surface area contributed by atoms with Gasteiger partial charge < -0.3 is 10.6 Å². The van der Waals surface area contributed by atoms with Crippen molar-refractivity contribution in [1.29, 1.82) is 0 Å². The van der Waals surface area contributed by atoms with E-state index in [0.717, 1.165) is 60.0 Å². The van der Waals surface area contributed by atoms with Crippen LogP contribution in [0.15, 0.2) is 27.7 Å². The minimum Gasteiger partial charge on any atom is -0.356 e. The second-order valence-electron chi connectivity index (χ2n) is 6.48. The predicted molar refractivity (Wildman–Crippen MR) is 119 cm³/mol. The highest BCUT2D eigenvalue weighted by Gasteiger charge is 2.21. The molecule has 0 saturated carbocycles. The first-order valence-corrected chi connectivity index (χ1v) is 9.66. The van der Waals surface area contributed by atoms with Gasteiger partial charge in [0.2, 0.25) is 0 Å². The maximum absolute atomic E-state index is 13.8. The smallest absolute Gasteiger partial charge is 0.191 e. The maximum Gasteiger partial charge on any atom is 0.191 e. The summed E-state index contributed by atoms with van der Waals surface area (Å²) >= 11 is 3.28. The second-order valence-corrected chi connectivity index (χ2v) is 7.39. The topological polar surface area (TPSA) is 67.1 Å². The van der Waals surface area contributed by atoms with E-state index in [1.165, 1.54) is 6.07 Å². The average molecular weight is 551 g/mol. The normalized spacial score (nSPS) is 16.4. The molecule has 0 bridgehead atoms. The van der Waals surface area contributed by atoms with Gasteiger partial charge in [-0.05, 0) is 43.9 Å². The molecule has 6 nitrogen and oxygen atoms in total. The van der Waals surface area contributed by atoms with Gasteiger partial charge in [-0.25, -0.2) is 14.1 Å². The van der Waals surface area contributed by atoms with Crippen molar-refractivity contribution in [3.8, 4) is 0 Å². The highest BCUT2D eigenvalue weighted by atomic mass is 127. The Morgan fingerprint density at radius 3 is 3.00 bits per heavy atom. The van der Waals surface area contributed by atoms with Gasteiger partial charge in [-0.1, -0.05) is 22.0 Å². The van der Waals surface area contributed by atoms with E-state index in [1.807, 2.05) is 23.7 Å². The molecule has 1 atom stereocenters. The zero-order valence-electron chi connectivity index (χ0n) is 15.5. The number of benzene rings is 1. The molecule has 0 aliphatic carbocycles. The van der Waals surface area contributed by atoms with Crippen molar-refractivity contribution in [3.05, 3.63) is 45.7 Å². The number of aliphatic imine (C=N–C) groups is 1. The third-order valence-electron chi connectivity index (χ3n) is 4.46. The fourth-order valence-corrected chi connectivity index (χ4v) is 3.48. The molecule has 9 heteroatoms. The largest absolute Gasteiger partial charge is 0.356 e. The molecule has 0 saturated heterocycles. The molecule has 1 aliphatic rings. The van der Waals surface area contributed by atoms with Gasteiger partial charge in [0, 0.05) is 30.5 Å². The molecule has 1 aromatic carbocycles. The van der Waals surface area contributed by atoms with Crippen LogP contribution in [0, 0.1) is 12.7 Å². The van der Waals surface area contributed by atoms with Crippen molar-refractivity contribution in [3.63, 3.8) is 0 Å². The molecule has 27 heavy (non-hydrogen) atoms. The summed E-state index contributed by atoms with van der Waals surface area (Å²) in [6, 6.07) is 5.48. The van der Waals surface area contributed by atoms with Gasteiger partial charge in [-0.2, -0.15) is 5.10 Å². The zero-order chi connectivity index (χ0) is 18.5. The van der Waals surface area contributed by atoms with E-state index in [1.54, 1.807) is 7.05 Å². The van der Waals surface area contributed by atoms with E-state index in [2.05, 4.69) is 41.6 Å². The minimum absolute atomic E-state index is 0. The molecule has 3 rings (SSSR count). The van der Waals surface area contributed by atoms with Crippen LogP contribution in [0.5, 0.6) is 0 Å². The van der Waals surface area contributed by atoms with Crippen LogP contribution in [0.4, 0.5) is 4.39 Å². The number of rotatable bonds is 5. The Hall–Kier alpha value is -1.23. The molecule has 1 unspecified atom stereocenters. The molecule has 2 heterocycles. The number of nitrogens with one attached hydrogen (secondary N) is 2. The first-order chi connectivity index (χ1) is 12.5. The van der Waals surface area contributed by atoms with Gasteiger partial charge in [0.1, 0.15) is 17.5 Å². The SMILES string of the molecule is CN=C(NCCCc1ccc(Br)cc1F)NC1CCc2nc(C)nn2C1.I. The summed E-state index contributed by atoms with van der Waals surface area (Å²) in [5, 5.41) is 11.2. The monoisotopic (exact) mass is 550 g/mol. The molecule has 0 fully saturated rings. The molecule has 148 valence electrons. The van der Waals surface area contributed by atoms with Crippen LogP contribution in [-0.4, -0.2) is 40.4 Å². The molecule has 0 amide bonds. The Balaban J connectivity index is 0.00000261. The zero-order valence-corrected chi connectivity index (χ0v) is 19.4. The highest BCUT2D eigenvalue weighted by Crippen LogP contribution is 2.16. The molecule has 0 spiro atoms. The third-order valence-corrected chi connectivity index (χ3v) is 4.95. The van der Waals surface area contributed by atoms with Crippen LogP contribution >= 0.6 is 39.9 Å². The fraction of sp³-hybridized carbons (Fsp3) is 0.500. The third kappa shape index (κ3) is 6.13. The standard InChI is InChI=1S/C18H24BrFN6.HI/c1-12-23-17-8-7-15(11-26(17)25-12)24-18(21-2)22-9-3-4-13-5-6-14(19)10-16(13)20;/h5-6,10,15H,3-4,7-9,11H2,1-2H3,(H2,21,22,24);1H. The van der Waals surface area contributed by atoms with Crippen LogP contribution in [0.1, 0.15) is 30.1 Å². The summed E-state index contributed by atoms with van der Waals surface area (Å²) in [5.41, 5.74) is 0.735. The van der Waals surface area contributed by atoms with Crippen LogP contribution in [-0.2, 0) is 19.4 Å². The van der Waals surface area contributed by atoms with Crippen molar-refractivity contribution >= 4 is 45.9 Å². The van der Waals surface area contributed by atoms with E-state index in [0.29, 0.717) is 6.42 Å². The van der Waals surface area contributed by atoms with Crippen LogP contribution in [0.25, 0.3) is 0 Å². The molecule has 2 aromatic rings.